The number of nitriles is 1. The number of halogens is 1. The first kappa shape index (κ1) is 12.4. The first-order valence-corrected chi connectivity index (χ1v) is 6.25. The van der Waals surface area contributed by atoms with Crippen LogP contribution in [-0.2, 0) is 7.05 Å². The van der Waals surface area contributed by atoms with Gasteiger partial charge in [0.2, 0.25) is 5.95 Å². The molecule has 3 rings (SSSR count). The van der Waals surface area contributed by atoms with Crippen molar-refractivity contribution in [1.29, 1.82) is 5.26 Å². The van der Waals surface area contributed by atoms with Crippen LogP contribution in [-0.4, -0.2) is 14.1 Å². The maximum absolute atomic E-state index is 13.9. The highest BCUT2D eigenvalue weighted by molar-refractivity contribution is 5.84. The summed E-state index contributed by atoms with van der Waals surface area (Å²) in [6, 6.07) is 8.82. The molecule has 0 bridgehead atoms. The third-order valence-electron chi connectivity index (χ3n) is 3.54. The summed E-state index contributed by atoms with van der Waals surface area (Å²) in [6.45, 7) is 3.93. The molecule has 0 unspecified atom stereocenters. The number of fused-ring (bicyclic) bond motifs is 1. The molecule has 2 aromatic heterocycles. The molecule has 0 N–H and O–H groups in total. The molecule has 0 fully saturated rings. The number of rotatable bonds is 1. The van der Waals surface area contributed by atoms with Gasteiger partial charge in [-0.25, -0.2) is 9.37 Å². The third kappa shape index (κ3) is 1.55. The van der Waals surface area contributed by atoms with Gasteiger partial charge in [-0.1, -0.05) is 0 Å². The average molecular weight is 268 g/mol. The van der Waals surface area contributed by atoms with Crippen LogP contribution in [0, 0.1) is 31.0 Å². The molecule has 2 heterocycles. The zero-order valence-corrected chi connectivity index (χ0v) is 11.5. The lowest BCUT2D eigenvalue weighted by Crippen LogP contribution is -2.06. The van der Waals surface area contributed by atoms with E-state index in [4.69, 9.17) is 0 Å². The normalized spacial score (nSPS) is 10.9. The van der Waals surface area contributed by atoms with Gasteiger partial charge in [0.05, 0.1) is 11.1 Å². The maximum atomic E-state index is 13.9. The quantitative estimate of drug-likeness (QED) is 0.681. The van der Waals surface area contributed by atoms with E-state index in [1.165, 1.54) is 12.1 Å². The van der Waals surface area contributed by atoms with Crippen molar-refractivity contribution in [2.45, 2.75) is 13.8 Å². The highest BCUT2D eigenvalue weighted by Gasteiger charge is 2.17. The zero-order chi connectivity index (χ0) is 14.4. The molecule has 3 aromatic rings. The van der Waals surface area contributed by atoms with Crippen molar-refractivity contribution in [2.75, 3.05) is 0 Å². The van der Waals surface area contributed by atoms with E-state index in [2.05, 4.69) is 11.1 Å². The Labute approximate surface area is 115 Å². The number of hydrogen-bond acceptors (Lipinski definition) is 2. The van der Waals surface area contributed by atoms with E-state index < -0.39 is 5.82 Å². The van der Waals surface area contributed by atoms with E-state index in [1.54, 1.807) is 11.6 Å². The second kappa shape index (κ2) is 4.20. The lowest BCUT2D eigenvalue weighted by Gasteiger charge is -2.08. The van der Waals surface area contributed by atoms with E-state index in [0.29, 0.717) is 17.0 Å². The van der Waals surface area contributed by atoms with Gasteiger partial charge in [0.25, 0.3) is 0 Å². The smallest absolute Gasteiger partial charge is 0.215 e. The molecule has 4 nitrogen and oxygen atoms in total. The van der Waals surface area contributed by atoms with Gasteiger partial charge in [-0.2, -0.15) is 5.26 Å². The van der Waals surface area contributed by atoms with Crippen molar-refractivity contribution in [3.05, 3.63) is 47.0 Å². The van der Waals surface area contributed by atoms with Crippen molar-refractivity contribution >= 4 is 11.0 Å². The van der Waals surface area contributed by atoms with Crippen LogP contribution < -0.4 is 0 Å². The lowest BCUT2D eigenvalue weighted by atomic mass is 10.2. The van der Waals surface area contributed by atoms with Crippen LogP contribution in [0.25, 0.3) is 17.0 Å². The van der Waals surface area contributed by atoms with Crippen LogP contribution in [0.4, 0.5) is 4.39 Å². The molecular weight excluding hydrogens is 255 g/mol. The molecule has 0 aliphatic heterocycles. The Bertz CT molecular complexity index is 845. The molecule has 0 saturated heterocycles. The fraction of sp³-hybridized carbons (Fsp3) is 0.200. The first-order valence-electron chi connectivity index (χ1n) is 6.25. The molecule has 0 spiro atoms. The summed E-state index contributed by atoms with van der Waals surface area (Å²) in [5.74, 6) is 0.199. The van der Waals surface area contributed by atoms with Crippen LogP contribution in [0.1, 0.15) is 17.0 Å². The van der Waals surface area contributed by atoms with Gasteiger partial charge in [0.15, 0.2) is 5.82 Å². The highest BCUT2D eigenvalue weighted by atomic mass is 19.1. The molecule has 0 aliphatic carbocycles. The fourth-order valence-electron chi connectivity index (χ4n) is 2.55. The van der Waals surface area contributed by atoms with Gasteiger partial charge in [0, 0.05) is 18.4 Å². The standard InChI is InChI=1S/C15H13FN4/c1-9-4-5-10(2)20(9)15-18-13-12(16)7-6-11(8-17)14(13)19(15)3/h4-7H,1-3H3. The van der Waals surface area contributed by atoms with Crippen LogP contribution in [0.3, 0.4) is 0 Å². The van der Waals surface area contributed by atoms with Gasteiger partial charge in [-0.05, 0) is 38.1 Å². The molecule has 0 radical (unpaired) electrons. The minimum Gasteiger partial charge on any atom is -0.311 e. The van der Waals surface area contributed by atoms with Crippen molar-refractivity contribution in [3.63, 3.8) is 0 Å². The van der Waals surface area contributed by atoms with Gasteiger partial charge >= 0.3 is 0 Å². The topological polar surface area (TPSA) is 46.5 Å². The Kier molecular flexibility index (Phi) is 2.61. The SMILES string of the molecule is Cc1ccc(C)n1-c1nc2c(F)ccc(C#N)c2n1C. The molecule has 0 aliphatic rings. The minimum absolute atomic E-state index is 0.231. The van der Waals surface area contributed by atoms with Gasteiger partial charge in [-0.15, -0.1) is 0 Å². The molecule has 0 amide bonds. The van der Waals surface area contributed by atoms with E-state index in [9.17, 15) is 9.65 Å². The number of nitrogens with zero attached hydrogens (tertiary/aromatic N) is 4. The summed E-state index contributed by atoms with van der Waals surface area (Å²) in [7, 11) is 1.80. The van der Waals surface area contributed by atoms with Crippen molar-refractivity contribution in [1.82, 2.24) is 14.1 Å². The molecule has 1 aromatic carbocycles. The van der Waals surface area contributed by atoms with Crippen LogP contribution in [0.15, 0.2) is 24.3 Å². The van der Waals surface area contributed by atoms with E-state index in [-0.39, 0.29) is 5.52 Å². The Hall–Kier alpha value is -2.61. The summed E-state index contributed by atoms with van der Waals surface area (Å²) in [4.78, 5) is 4.38. The van der Waals surface area contributed by atoms with Gasteiger partial charge < -0.3 is 4.57 Å². The minimum atomic E-state index is -0.414. The van der Waals surface area contributed by atoms with E-state index in [1.807, 2.05) is 30.5 Å². The summed E-state index contributed by atoms with van der Waals surface area (Å²) in [5.41, 5.74) is 3.20. The van der Waals surface area contributed by atoms with Crippen molar-refractivity contribution in [3.8, 4) is 12.0 Å². The van der Waals surface area contributed by atoms with Gasteiger partial charge in [-0.3, -0.25) is 4.57 Å². The van der Waals surface area contributed by atoms with Gasteiger partial charge in [0.1, 0.15) is 11.6 Å². The summed E-state index contributed by atoms with van der Waals surface area (Å²) >= 11 is 0. The summed E-state index contributed by atoms with van der Waals surface area (Å²) in [5, 5.41) is 9.18. The largest absolute Gasteiger partial charge is 0.311 e. The number of aryl methyl sites for hydroxylation is 3. The Morgan fingerprint density at radius 3 is 2.40 bits per heavy atom. The molecule has 0 saturated carbocycles. The molecule has 5 heteroatoms. The Morgan fingerprint density at radius 1 is 1.15 bits per heavy atom. The van der Waals surface area contributed by atoms with Crippen molar-refractivity contribution < 1.29 is 4.39 Å². The summed E-state index contributed by atoms with van der Waals surface area (Å²) in [6.07, 6.45) is 0. The van der Waals surface area contributed by atoms with Crippen LogP contribution in [0.2, 0.25) is 0 Å². The molecule has 20 heavy (non-hydrogen) atoms. The third-order valence-corrected chi connectivity index (χ3v) is 3.54. The average Bonchev–Trinajstić information content (AvgIpc) is 2.93. The Balaban J connectivity index is 2.44. The predicted molar refractivity (Wildman–Crippen MR) is 74.2 cm³/mol. The number of hydrogen-bond donors (Lipinski definition) is 0. The maximum Gasteiger partial charge on any atom is 0.215 e. The molecule has 0 atom stereocenters. The predicted octanol–water partition coefficient (Wildman–Crippen LogP) is 2.99. The zero-order valence-electron chi connectivity index (χ0n) is 11.5. The molecule has 100 valence electrons. The number of imidazole rings is 1. The Morgan fingerprint density at radius 2 is 1.80 bits per heavy atom. The van der Waals surface area contributed by atoms with E-state index in [0.717, 1.165) is 11.4 Å². The lowest BCUT2D eigenvalue weighted by molar-refractivity contribution is 0.637. The summed E-state index contributed by atoms with van der Waals surface area (Å²) < 4.78 is 17.7. The van der Waals surface area contributed by atoms with Crippen molar-refractivity contribution in [2.24, 2.45) is 7.05 Å². The second-order valence-corrected chi connectivity index (χ2v) is 4.83. The second-order valence-electron chi connectivity index (χ2n) is 4.83. The fourth-order valence-corrected chi connectivity index (χ4v) is 2.55. The van der Waals surface area contributed by atoms with Crippen LogP contribution >= 0.6 is 0 Å². The number of benzene rings is 1. The first-order chi connectivity index (χ1) is 9.54. The number of aromatic nitrogens is 3. The highest BCUT2D eigenvalue weighted by Crippen LogP contribution is 2.25. The monoisotopic (exact) mass is 268 g/mol. The van der Waals surface area contributed by atoms with E-state index >= 15 is 0 Å². The van der Waals surface area contributed by atoms with Crippen LogP contribution in [0.5, 0.6) is 0 Å². The molecular formula is C15H13FN4.